The van der Waals surface area contributed by atoms with Gasteiger partial charge in [0, 0.05) is 10.5 Å². The van der Waals surface area contributed by atoms with Gasteiger partial charge in [-0.2, -0.15) is 4.39 Å². The van der Waals surface area contributed by atoms with E-state index in [-0.39, 0.29) is 13.7 Å². The van der Waals surface area contributed by atoms with E-state index in [1.807, 2.05) is 0 Å². The van der Waals surface area contributed by atoms with E-state index in [1.54, 1.807) is 22.6 Å². The van der Waals surface area contributed by atoms with Gasteiger partial charge in [-0.1, -0.05) is 15.9 Å². The van der Waals surface area contributed by atoms with Crippen molar-refractivity contribution in [1.82, 2.24) is 4.98 Å². The lowest BCUT2D eigenvalue weighted by Crippen LogP contribution is -1.97. The van der Waals surface area contributed by atoms with Crippen molar-refractivity contribution in [3.63, 3.8) is 0 Å². The molecule has 0 aromatic carbocycles. The second-order valence-electron chi connectivity index (χ2n) is 1.93. The summed E-state index contributed by atoms with van der Waals surface area (Å²) >= 11 is 4.40. The molecule has 0 saturated carbocycles. The molecule has 0 N–H and O–H groups in total. The van der Waals surface area contributed by atoms with Crippen LogP contribution in [-0.2, 0) is 0 Å². The van der Waals surface area contributed by atoms with Crippen molar-refractivity contribution < 1.29 is 13.2 Å². The topological polar surface area (TPSA) is 12.9 Å². The summed E-state index contributed by atoms with van der Waals surface area (Å²) in [7, 11) is 0. The molecular weight excluding hydrogens is 350 g/mol. The first kappa shape index (κ1) is 10.2. The highest BCUT2D eigenvalue weighted by molar-refractivity contribution is 14.1. The summed E-state index contributed by atoms with van der Waals surface area (Å²) in [6.07, 6.45) is -2.64. The minimum atomic E-state index is -2.64. The molecule has 0 aliphatic heterocycles. The molecule has 1 nitrogen and oxygen atoms in total. The molecular formula is C6H2BrF3IN. The summed E-state index contributed by atoms with van der Waals surface area (Å²) < 4.78 is 37.0. The van der Waals surface area contributed by atoms with Gasteiger partial charge in [-0.05, 0) is 22.6 Å². The highest BCUT2D eigenvalue weighted by Gasteiger charge is 2.17. The monoisotopic (exact) mass is 351 g/mol. The molecule has 6 heteroatoms. The molecule has 0 saturated heterocycles. The predicted octanol–water partition coefficient (Wildman–Crippen LogP) is 3.53. The van der Waals surface area contributed by atoms with Crippen LogP contribution in [0.5, 0.6) is 0 Å². The molecule has 0 aliphatic carbocycles. The fourth-order valence-electron chi connectivity index (χ4n) is 0.661. The van der Waals surface area contributed by atoms with Gasteiger partial charge in [-0.15, -0.1) is 0 Å². The fraction of sp³-hybridized carbons (Fsp3) is 0.167. The maximum atomic E-state index is 12.5. The Kier molecular flexibility index (Phi) is 3.33. The third kappa shape index (κ3) is 2.09. The van der Waals surface area contributed by atoms with Crippen molar-refractivity contribution in [2.24, 2.45) is 0 Å². The molecule has 0 unspecified atom stereocenters. The molecule has 1 rings (SSSR count). The smallest absolute Gasteiger partial charge is 0.213 e. The highest BCUT2D eigenvalue weighted by Crippen LogP contribution is 2.30. The molecule has 0 atom stereocenters. The molecule has 0 aliphatic rings. The van der Waals surface area contributed by atoms with E-state index in [9.17, 15) is 13.2 Å². The van der Waals surface area contributed by atoms with Crippen LogP contribution in [0.1, 0.15) is 12.0 Å². The van der Waals surface area contributed by atoms with Crippen LogP contribution < -0.4 is 0 Å². The van der Waals surface area contributed by atoms with Gasteiger partial charge in [0.2, 0.25) is 5.95 Å². The zero-order valence-corrected chi connectivity index (χ0v) is 9.24. The highest BCUT2D eigenvalue weighted by atomic mass is 127. The predicted molar refractivity (Wildman–Crippen MR) is 49.6 cm³/mol. The van der Waals surface area contributed by atoms with Gasteiger partial charge >= 0.3 is 0 Å². The fourth-order valence-corrected chi connectivity index (χ4v) is 2.34. The summed E-state index contributed by atoms with van der Waals surface area (Å²) in [5.41, 5.74) is -0.267. The number of nitrogens with zero attached hydrogens (tertiary/aromatic N) is 1. The third-order valence-electron chi connectivity index (χ3n) is 1.15. The van der Waals surface area contributed by atoms with Gasteiger partial charge < -0.3 is 0 Å². The second-order valence-corrected chi connectivity index (χ2v) is 3.81. The summed E-state index contributed by atoms with van der Waals surface area (Å²) in [6.45, 7) is 0. The van der Waals surface area contributed by atoms with Crippen LogP contribution in [0.3, 0.4) is 0 Å². The number of halogens is 5. The summed E-state index contributed by atoms with van der Waals surface area (Å²) in [5.74, 6) is -0.768. The van der Waals surface area contributed by atoms with Crippen LogP contribution in [0.25, 0.3) is 0 Å². The summed E-state index contributed by atoms with van der Waals surface area (Å²) in [6, 6.07) is 0.920. The SMILES string of the molecule is Fc1cc(Br)c(C(F)F)c(I)n1. The van der Waals surface area contributed by atoms with E-state index < -0.39 is 12.4 Å². The molecule has 1 heterocycles. The zero-order valence-electron chi connectivity index (χ0n) is 5.49. The molecule has 12 heavy (non-hydrogen) atoms. The Labute approximate surface area is 88.6 Å². The maximum absolute atomic E-state index is 12.5. The Morgan fingerprint density at radius 1 is 1.50 bits per heavy atom. The van der Waals surface area contributed by atoms with Gasteiger partial charge in [-0.3, -0.25) is 0 Å². The normalized spacial score (nSPS) is 10.8. The van der Waals surface area contributed by atoms with Crippen molar-refractivity contribution in [2.75, 3.05) is 0 Å². The average Bonchev–Trinajstić information content (AvgIpc) is 1.82. The Balaban J connectivity index is 3.28. The largest absolute Gasteiger partial charge is 0.267 e. The van der Waals surface area contributed by atoms with Crippen molar-refractivity contribution in [2.45, 2.75) is 6.43 Å². The Hall–Kier alpha value is 0.150. The Bertz CT molecular complexity index is 282. The van der Waals surface area contributed by atoms with E-state index in [0.29, 0.717) is 0 Å². The molecule has 0 fully saturated rings. The maximum Gasteiger partial charge on any atom is 0.267 e. The quantitative estimate of drug-likeness (QED) is 0.557. The first-order valence-electron chi connectivity index (χ1n) is 2.82. The third-order valence-corrected chi connectivity index (χ3v) is 2.63. The molecule has 0 amide bonds. The Morgan fingerprint density at radius 2 is 2.08 bits per heavy atom. The van der Waals surface area contributed by atoms with Crippen LogP contribution in [0.15, 0.2) is 10.5 Å². The van der Waals surface area contributed by atoms with Gasteiger partial charge in [0.1, 0.15) is 3.70 Å². The standard InChI is InChI=1S/C6H2BrF3IN/c7-2-1-3(8)12-6(11)4(2)5(9)10/h1,5H. The van der Waals surface area contributed by atoms with Crippen molar-refractivity contribution in [1.29, 1.82) is 0 Å². The molecule has 0 spiro atoms. The van der Waals surface area contributed by atoms with Gasteiger partial charge in [0.05, 0.1) is 5.56 Å². The molecule has 0 radical (unpaired) electrons. The number of hydrogen-bond donors (Lipinski definition) is 0. The van der Waals surface area contributed by atoms with Crippen LogP contribution in [0.2, 0.25) is 0 Å². The van der Waals surface area contributed by atoms with E-state index in [2.05, 4.69) is 20.9 Å². The number of rotatable bonds is 1. The first-order valence-corrected chi connectivity index (χ1v) is 4.69. The summed E-state index contributed by atoms with van der Waals surface area (Å²) in [5, 5.41) is 0. The number of hydrogen-bond acceptors (Lipinski definition) is 1. The number of alkyl halides is 2. The van der Waals surface area contributed by atoms with Crippen molar-refractivity contribution in [3.05, 3.63) is 25.8 Å². The van der Waals surface area contributed by atoms with Crippen molar-refractivity contribution in [3.8, 4) is 0 Å². The van der Waals surface area contributed by atoms with Crippen LogP contribution >= 0.6 is 38.5 Å². The van der Waals surface area contributed by atoms with Crippen LogP contribution in [0, 0.1) is 9.65 Å². The van der Waals surface area contributed by atoms with E-state index in [0.717, 1.165) is 6.07 Å². The van der Waals surface area contributed by atoms with Gasteiger partial charge in [0.15, 0.2) is 0 Å². The first-order chi connectivity index (χ1) is 5.52. The minimum absolute atomic E-state index is 0.0190. The van der Waals surface area contributed by atoms with Gasteiger partial charge in [0.25, 0.3) is 6.43 Å². The number of aromatic nitrogens is 1. The van der Waals surface area contributed by atoms with Gasteiger partial charge in [-0.25, -0.2) is 13.8 Å². The lowest BCUT2D eigenvalue weighted by Gasteiger charge is -2.04. The molecule has 1 aromatic rings. The Morgan fingerprint density at radius 3 is 2.50 bits per heavy atom. The van der Waals surface area contributed by atoms with E-state index in [4.69, 9.17) is 0 Å². The molecule has 0 bridgehead atoms. The number of pyridine rings is 1. The zero-order chi connectivity index (χ0) is 9.30. The van der Waals surface area contributed by atoms with E-state index >= 15 is 0 Å². The van der Waals surface area contributed by atoms with E-state index in [1.165, 1.54) is 0 Å². The van der Waals surface area contributed by atoms with Crippen LogP contribution in [-0.4, -0.2) is 4.98 Å². The minimum Gasteiger partial charge on any atom is -0.213 e. The molecule has 1 aromatic heterocycles. The summed E-state index contributed by atoms with van der Waals surface area (Å²) in [4.78, 5) is 3.27. The van der Waals surface area contributed by atoms with Crippen LogP contribution in [0.4, 0.5) is 13.2 Å². The second kappa shape index (κ2) is 3.91. The lowest BCUT2D eigenvalue weighted by molar-refractivity contribution is 0.148. The lowest BCUT2D eigenvalue weighted by atomic mass is 10.3. The average molecular weight is 352 g/mol. The molecule has 66 valence electrons. The van der Waals surface area contributed by atoms with Crippen molar-refractivity contribution >= 4 is 38.5 Å².